The second kappa shape index (κ2) is 8.36. The molecule has 0 atom stereocenters. The van der Waals surface area contributed by atoms with Gasteiger partial charge in [-0.05, 0) is 37.2 Å². The SMILES string of the molecule is O=C(O)CN(Cc1ccccc1)C(=O)CC1CCC(C(F)(F)F)CC1. The first-order valence-electron chi connectivity index (χ1n) is 8.36. The minimum Gasteiger partial charge on any atom is -0.480 e. The van der Waals surface area contributed by atoms with Crippen LogP contribution in [0.3, 0.4) is 0 Å². The van der Waals surface area contributed by atoms with Crippen LogP contribution in [0.2, 0.25) is 0 Å². The van der Waals surface area contributed by atoms with Crippen molar-refractivity contribution in [2.75, 3.05) is 6.54 Å². The lowest BCUT2D eigenvalue weighted by Crippen LogP contribution is -2.37. The summed E-state index contributed by atoms with van der Waals surface area (Å²) < 4.78 is 38.1. The van der Waals surface area contributed by atoms with Gasteiger partial charge in [0.25, 0.3) is 0 Å². The van der Waals surface area contributed by atoms with E-state index in [-0.39, 0.29) is 37.6 Å². The van der Waals surface area contributed by atoms with Crippen molar-refractivity contribution in [3.8, 4) is 0 Å². The summed E-state index contributed by atoms with van der Waals surface area (Å²) in [5.74, 6) is -2.82. The van der Waals surface area contributed by atoms with E-state index in [4.69, 9.17) is 5.11 Å². The number of alkyl halides is 3. The van der Waals surface area contributed by atoms with Crippen molar-refractivity contribution in [3.63, 3.8) is 0 Å². The van der Waals surface area contributed by atoms with E-state index in [0.29, 0.717) is 12.8 Å². The Hall–Kier alpha value is -2.05. The summed E-state index contributed by atoms with van der Waals surface area (Å²) >= 11 is 0. The van der Waals surface area contributed by atoms with Crippen LogP contribution in [-0.2, 0) is 16.1 Å². The predicted octanol–water partition coefficient (Wildman–Crippen LogP) is 3.86. The van der Waals surface area contributed by atoms with Crippen LogP contribution in [0.4, 0.5) is 13.2 Å². The van der Waals surface area contributed by atoms with E-state index in [2.05, 4.69) is 0 Å². The van der Waals surface area contributed by atoms with Crippen molar-refractivity contribution in [3.05, 3.63) is 35.9 Å². The molecular formula is C18H22F3NO3. The molecule has 1 aromatic rings. The van der Waals surface area contributed by atoms with Crippen LogP contribution in [0.25, 0.3) is 0 Å². The molecule has 0 aromatic heterocycles. The fourth-order valence-electron chi connectivity index (χ4n) is 3.27. The number of carbonyl (C=O) groups excluding carboxylic acids is 1. The van der Waals surface area contributed by atoms with E-state index in [1.807, 2.05) is 6.07 Å². The highest BCUT2D eigenvalue weighted by Crippen LogP contribution is 2.40. The number of carboxylic acids is 1. The van der Waals surface area contributed by atoms with E-state index in [9.17, 15) is 22.8 Å². The first-order valence-corrected chi connectivity index (χ1v) is 8.36. The molecule has 1 saturated carbocycles. The molecule has 25 heavy (non-hydrogen) atoms. The summed E-state index contributed by atoms with van der Waals surface area (Å²) in [6.07, 6.45) is -3.29. The minimum atomic E-state index is -4.17. The molecule has 0 spiro atoms. The molecule has 2 rings (SSSR count). The molecule has 0 radical (unpaired) electrons. The van der Waals surface area contributed by atoms with Crippen LogP contribution in [-0.4, -0.2) is 34.6 Å². The number of halogens is 3. The van der Waals surface area contributed by atoms with Crippen LogP contribution in [0.5, 0.6) is 0 Å². The van der Waals surface area contributed by atoms with Gasteiger partial charge in [-0.3, -0.25) is 9.59 Å². The average Bonchev–Trinajstić information content (AvgIpc) is 2.54. The van der Waals surface area contributed by atoms with Gasteiger partial charge < -0.3 is 10.0 Å². The van der Waals surface area contributed by atoms with E-state index >= 15 is 0 Å². The molecule has 1 aliphatic carbocycles. The Kier molecular flexibility index (Phi) is 6.45. The molecule has 1 amide bonds. The van der Waals surface area contributed by atoms with Crippen LogP contribution < -0.4 is 0 Å². The Morgan fingerprint density at radius 2 is 1.68 bits per heavy atom. The fraction of sp³-hybridized carbons (Fsp3) is 0.556. The molecule has 7 heteroatoms. The number of benzene rings is 1. The minimum absolute atomic E-state index is 0.0407. The van der Waals surface area contributed by atoms with E-state index in [1.165, 1.54) is 4.90 Å². The lowest BCUT2D eigenvalue weighted by atomic mass is 9.80. The van der Waals surface area contributed by atoms with Crippen LogP contribution in [0, 0.1) is 11.8 Å². The molecule has 0 unspecified atom stereocenters. The predicted molar refractivity (Wildman–Crippen MR) is 85.6 cm³/mol. The first kappa shape index (κ1) is 19.3. The topological polar surface area (TPSA) is 57.6 Å². The number of amides is 1. The average molecular weight is 357 g/mol. The van der Waals surface area contributed by atoms with Gasteiger partial charge in [-0.25, -0.2) is 0 Å². The summed E-state index contributed by atoms with van der Waals surface area (Å²) in [4.78, 5) is 24.8. The third kappa shape index (κ3) is 6.07. The highest BCUT2D eigenvalue weighted by atomic mass is 19.4. The van der Waals surface area contributed by atoms with Crippen molar-refractivity contribution < 1.29 is 27.9 Å². The van der Waals surface area contributed by atoms with E-state index < -0.39 is 24.6 Å². The van der Waals surface area contributed by atoms with Gasteiger partial charge in [-0.15, -0.1) is 0 Å². The smallest absolute Gasteiger partial charge is 0.391 e. The third-order valence-corrected chi connectivity index (χ3v) is 4.67. The molecule has 0 bridgehead atoms. The van der Waals surface area contributed by atoms with Gasteiger partial charge in [0.15, 0.2) is 0 Å². The summed E-state index contributed by atoms with van der Waals surface area (Å²) in [5.41, 5.74) is 0.817. The van der Waals surface area contributed by atoms with Crippen molar-refractivity contribution in [1.82, 2.24) is 4.90 Å². The Morgan fingerprint density at radius 1 is 1.08 bits per heavy atom. The normalized spacial score (nSPS) is 20.9. The summed E-state index contributed by atoms with van der Waals surface area (Å²) in [6, 6.07) is 9.04. The Morgan fingerprint density at radius 3 is 2.20 bits per heavy atom. The van der Waals surface area contributed by atoms with Gasteiger partial charge in [0, 0.05) is 13.0 Å². The third-order valence-electron chi connectivity index (χ3n) is 4.67. The van der Waals surface area contributed by atoms with Crippen molar-refractivity contribution >= 4 is 11.9 Å². The zero-order valence-electron chi connectivity index (χ0n) is 13.8. The molecule has 0 heterocycles. The summed E-state index contributed by atoms with van der Waals surface area (Å²) in [5, 5.41) is 9.02. The molecule has 0 saturated heterocycles. The molecule has 1 fully saturated rings. The Balaban J connectivity index is 1.92. The van der Waals surface area contributed by atoms with Gasteiger partial charge in [-0.1, -0.05) is 30.3 Å². The zero-order valence-corrected chi connectivity index (χ0v) is 13.8. The molecule has 1 N–H and O–H groups in total. The largest absolute Gasteiger partial charge is 0.480 e. The molecule has 0 aliphatic heterocycles. The number of hydrogen-bond donors (Lipinski definition) is 1. The Bertz CT molecular complexity index is 581. The lowest BCUT2D eigenvalue weighted by molar-refractivity contribution is -0.184. The van der Waals surface area contributed by atoms with Crippen molar-refractivity contribution in [1.29, 1.82) is 0 Å². The quantitative estimate of drug-likeness (QED) is 0.841. The van der Waals surface area contributed by atoms with Gasteiger partial charge in [0.2, 0.25) is 5.91 Å². The van der Waals surface area contributed by atoms with E-state index in [1.54, 1.807) is 24.3 Å². The summed E-state index contributed by atoms with van der Waals surface area (Å²) in [7, 11) is 0. The molecular weight excluding hydrogens is 335 g/mol. The highest BCUT2D eigenvalue weighted by Gasteiger charge is 2.41. The van der Waals surface area contributed by atoms with Crippen LogP contribution in [0.15, 0.2) is 30.3 Å². The molecule has 138 valence electrons. The Labute approximate surface area is 144 Å². The zero-order chi connectivity index (χ0) is 18.4. The van der Waals surface area contributed by atoms with Gasteiger partial charge in [0.1, 0.15) is 6.54 Å². The van der Waals surface area contributed by atoms with Crippen molar-refractivity contribution in [2.24, 2.45) is 11.8 Å². The standard InChI is InChI=1S/C18H22F3NO3/c19-18(20,21)15-8-6-13(7-9-15)10-16(23)22(12-17(24)25)11-14-4-2-1-3-5-14/h1-5,13,15H,6-12H2,(H,24,25). The van der Waals surface area contributed by atoms with Gasteiger partial charge in [0.05, 0.1) is 5.92 Å². The lowest BCUT2D eigenvalue weighted by Gasteiger charge is -2.31. The number of carbonyl (C=O) groups is 2. The van der Waals surface area contributed by atoms with Gasteiger partial charge >= 0.3 is 12.1 Å². The maximum Gasteiger partial charge on any atom is 0.391 e. The monoisotopic (exact) mass is 357 g/mol. The molecule has 1 aromatic carbocycles. The maximum atomic E-state index is 12.7. The molecule has 4 nitrogen and oxygen atoms in total. The van der Waals surface area contributed by atoms with Crippen LogP contribution >= 0.6 is 0 Å². The van der Waals surface area contributed by atoms with Gasteiger partial charge in [-0.2, -0.15) is 13.2 Å². The number of carboxylic acid groups (broad SMARTS) is 1. The summed E-state index contributed by atoms with van der Waals surface area (Å²) in [6.45, 7) is -0.227. The first-order chi connectivity index (χ1) is 11.8. The molecule has 1 aliphatic rings. The number of nitrogens with zero attached hydrogens (tertiary/aromatic N) is 1. The fourth-order valence-corrected chi connectivity index (χ4v) is 3.27. The van der Waals surface area contributed by atoms with Crippen LogP contribution in [0.1, 0.15) is 37.7 Å². The maximum absolute atomic E-state index is 12.7. The van der Waals surface area contributed by atoms with Crippen molar-refractivity contribution in [2.45, 2.75) is 44.8 Å². The second-order valence-electron chi connectivity index (χ2n) is 6.59. The second-order valence-corrected chi connectivity index (χ2v) is 6.59. The number of aliphatic carboxylic acids is 1. The van der Waals surface area contributed by atoms with E-state index in [0.717, 1.165) is 5.56 Å². The number of rotatable bonds is 6. The number of hydrogen-bond acceptors (Lipinski definition) is 2. The highest BCUT2D eigenvalue weighted by molar-refractivity contribution is 5.81.